The van der Waals surface area contributed by atoms with Crippen LogP contribution in [0.2, 0.25) is 0 Å². The Kier molecular flexibility index (Phi) is 2.16. The summed E-state index contributed by atoms with van der Waals surface area (Å²) in [7, 11) is 1.46. The second-order valence-electron chi connectivity index (χ2n) is 3.06. The van der Waals surface area contributed by atoms with E-state index < -0.39 is 11.6 Å². The van der Waals surface area contributed by atoms with Crippen LogP contribution in [0.3, 0.4) is 0 Å². The minimum absolute atomic E-state index is 0.0799. The molecule has 0 heterocycles. The van der Waals surface area contributed by atoms with E-state index in [0.717, 1.165) is 0 Å². The van der Waals surface area contributed by atoms with Crippen LogP contribution in [0.15, 0.2) is 0 Å². The minimum atomic E-state index is -2.59. The van der Waals surface area contributed by atoms with E-state index in [1.165, 1.54) is 7.05 Å². The van der Waals surface area contributed by atoms with Crippen molar-refractivity contribution in [3.8, 4) is 0 Å². The molecule has 1 saturated carbocycles. The summed E-state index contributed by atoms with van der Waals surface area (Å²) in [5.41, 5.74) is -1.18. The van der Waals surface area contributed by atoms with Crippen molar-refractivity contribution in [3.63, 3.8) is 0 Å². The fourth-order valence-electron chi connectivity index (χ4n) is 1.24. The minimum Gasteiger partial charge on any atom is -0.637 e. The van der Waals surface area contributed by atoms with Crippen molar-refractivity contribution in [1.29, 1.82) is 0 Å². The van der Waals surface area contributed by atoms with Gasteiger partial charge in [-0.3, -0.25) is 0 Å². The topological polar surface area (TPSA) is 34.3 Å². The molecular weight excluding hydrogens is 152 g/mol. The van der Waals surface area contributed by atoms with Gasteiger partial charge in [0.2, 0.25) is 5.92 Å². The molecule has 0 atom stereocenters. The molecule has 66 valence electrons. The number of hydrogen-bond acceptors (Lipinski definition) is 1. The molecule has 0 spiro atoms. The van der Waals surface area contributed by atoms with Crippen LogP contribution in [-0.2, 0) is 0 Å². The molecule has 4 heteroatoms. The molecule has 0 aromatic rings. The largest absolute Gasteiger partial charge is 0.637 e. The van der Waals surface area contributed by atoms with Gasteiger partial charge in [-0.2, -0.15) is 7.05 Å². The Morgan fingerprint density at radius 1 is 1.18 bits per heavy atom. The SMILES string of the molecule is C[N-]C1(O)CCC(F)(F)CC1. The number of aliphatic hydroxyl groups is 1. The van der Waals surface area contributed by atoms with Crippen LogP contribution in [0.25, 0.3) is 5.32 Å². The third-order valence-corrected chi connectivity index (χ3v) is 2.20. The molecular formula is C7H12F2NO-. The summed E-state index contributed by atoms with van der Waals surface area (Å²) in [6.07, 6.45) is -0.339. The van der Waals surface area contributed by atoms with E-state index in [2.05, 4.69) is 5.32 Å². The lowest BCUT2D eigenvalue weighted by Crippen LogP contribution is -2.37. The average molecular weight is 164 g/mol. The first-order valence-corrected chi connectivity index (χ1v) is 3.69. The molecule has 11 heavy (non-hydrogen) atoms. The predicted octanol–water partition coefficient (Wildman–Crippen LogP) is 1.89. The van der Waals surface area contributed by atoms with Crippen LogP contribution in [0.1, 0.15) is 25.7 Å². The van der Waals surface area contributed by atoms with E-state index in [4.69, 9.17) is 0 Å². The van der Waals surface area contributed by atoms with Crippen molar-refractivity contribution in [2.24, 2.45) is 0 Å². The fraction of sp³-hybridized carbons (Fsp3) is 1.00. The summed E-state index contributed by atoms with van der Waals surface area (Å²) in [6.45, 7) is 0. The zero-order valence-corrected chi connectivity index (χ0v) is 6.48. The lowest BCUT2D eigenvalue weighted by molar-refractivity contribution is -0.0888. The molecule has 0 aromatic heterocycles. The van der Waals surface area contributed by atoms with Gasteiger partial charge in [-0.15, -0.1) is 0 Å². The van der Waals surface area contributed by atoms with Crippen LogP contribution in [0.4, 0.5) is 8.78 Å². The Hall–Kier alpha value is -0.220. The van der Waals surface area contributed by atoms with E-state index in [1.54, 1.807) is 0 Å². The van der Waals surface area contributed by atoms with Gasteiger partial charge in [-0.1, -0.05) is 0 Å². The van der Waals surface area contributed by atoms with Gasteiger partial charge in [0.05, 0.1) is 0 Å². The van der Waals surface area contributed by atoms with Crippen molar-refractivity contribution < 1.29 is 13.9 Å². The predicted molar refractivity (Wildman–Crippen MR) is 37.6 cm³/mol. The third kappa shape index (κ3) is 2.10. The quantitative estimate of drug-likeness (QED) is 0.630. The van der Waals surface area contributed by atoms with E-state index in [-0.39, 0.29) is 25.7 Å². The molecule has 0 radical (unpaired) electrons. The highest BCUT2D eigenvalue weighted by Crippen LogP contribution is 2.40. The Morgan fingerprint density at radius 2 is 1.64 bits per heavy atom. The second kappa shape index (κ2) is 2.68. The molecule has 0 saturated heterocycles. The number of hydrogen-bond donors (Lipinski definition) is 1. The zero-order chi connectivity index (χ0) is 8.54. The monoisotopic (exact) mass is 164 g/mol. The maximum absolute atomic E-state index is 12.5. The first-order chi connectivity index (χ1) is 4.97. The van der Waals surface area contributed by atoms with Crippen molar-refractivity contribution in [1.82, 2.24) is 0 Å². The van der Waals surface area contributed by atoms with Gasteiger partial charge < -0.3 is 10.4 Å². The van der Waals surface area contributed by atoms with Gasteiger partial charge in [0, 0.05) is 12.8 Å². The Labute approximate surface area is 64.6 Å². The Balaban J connectivity index is 2.48. The first kappa shape index (κ1) is 8.87. The highest BCUT2D eigenvalue weighted by Gasteiger charge is 2.37. The maximum atomic E-state index is 12.5. The first-order valence-electron chi connectivity index (χ1n) is 3.69. The lowest BCUT2D eigenvalue weighted by atomic mass is 9.89. The van der Waals surface area contributed by atoms with Gasteiger partial charge in [0.15, 0.2) is 0 Å². The van der Waals surface area contributed by atoms with Crippen LogP contribution in [0.5, 0.6) is 0 Å². The molecule has 1 rings (SSSR count). The summed E-state index contributed by atoms with van der Waals surface area (Å²) in [5, 5.41) is 13.1. The van der Waals surface area contributed by atoms with Crippen LogP contribution in [-0.4, -0.2) is 23.8 Å². The molecule has 0 aromatic carbocycles. The van der Waals surface area contributed by atoms with Crippen molar-refractivity contribution >= 4 is 0 Å². The molecule has 1 N–H and O–H groups in total. The van der Waals surface area contributed by atoms with Crippen molar-refractivity contribution in [2.45, 2.75) is 37.3 Å². The summed E-state index contributed by atoms with van der Waals surface area (Å²) in [6, 6.07) is 0. The normalized spacial score (nSPS) is 28.4. The highest BCUT2D eigenvalue weighted by molar-refractivity contribution is 4.99. The number of rotatable bonds is 1. The van der Waals surface area contributed by atoms with Gasteiger partial charge in [-0.25, -0.2) is 8.78 Å². The van der Waals surface area contributed by atoms with Crippen LogP contribution < -0.4 is 0 Å². The van der Waals surface area contributed by atoms with Gasteiger partial charge in [0.25, 0.3) is 0 Å². The Bertz CT molecular complexity index is 139. The highest BCUT2D eigenvalue weighted by atomic mass is 19.3. The van der Waals surface area contributed by atoms with Crippen molar-refractivity contribution in [2.75, 3.05) is 7.05 Å². The van der Waals surface area contributed by atoms with Gasteiger partial charge >= 0.3 is 0 Å². The lowest BCUT2D eigenvalue weighted by Gasteiger charge is -2.44. The van der Waals surface area contributed by atoms with E-state index in [0.29, 0.717) is 0 Å². The molecule has 0 aliphatic heterocycles. The van der Waals surface area contributed by atoms with E-state index in [9.17, 15) is 13.9 Å². The zero-order valence-electron chi connectivity index (χ0n) is 6.48. The number of alkyl halides is 2. The van der Waals surface area contributed by atoms with Gasteiger partial charge in [-0.05, 0) is 18.6 Å². The summed E-state index contributed by atoms with van der Waals surface area (Å²) in [4.78, 5) is 0. The van der Waals surface area contributed by atoms with E-state index in [1.807, 2.05) is 0 Å². The molecule has 0 unspecified atom stereocenters. The van der Waals surface area contributed by atoms with Gasteiger partial charge in [0.1, 0.15) is 0 Å². The molecule has 2 nitrogen and oxygen atoms in total. The standard InChI is InChI=1S/C7H12F2NO/c1-10-7(11)4-2-6(8,9)3-5-7/h11H,2-5H2,1H3/q-1. The molecule has 0 amide bonds. The fourth-order valence-corrected chi connectivity index (χ4v) is 1.24. The molecule has 1 aliphatic carbocycles. The van der Waals surface area contributed by atoms with Crippen LogP contribution >= 0.6 is 0 Å². The second-order valence-corrected chi connectivity index (χ2v) is 3.06. The summed E-state index contributed by atoms with van der Waals surface area (Å²) < 4.78 is 25.1. The van der Waals surface area contributed by atoms with Crippen LogP contribution in [0, 0.1) is 0 Å². The summed E-state index contributed by atoms with van der Waals surface area (Å²) >= 11 is 0. The molecule has 0 bridgehead atoms. The Morgan fingerprint density at radius 3 is 2.00 bits per heavy atom. The summed E-state index contributed by atoms with van der Waals surface area (Å²) in [5.74, 6) is -2.59. The number of halogens is 2. The third-order valence-electron chi connectivity index (χ3n) is 2.20. The van der Waals surface area contributed by atoms with Crippen molar-refractivity contribution in [3.05, 3.63) is 5.32 Å². The number of nitrogens with zero attached hydrogens (tertiary/aromatic N) is 1. The maximum Gasteiger partial charge on any atom is 0.248 e. The molecule has 1 fully saturated rings. The molecule has 1 aliphatic rings. The average Bonchev–Trinajstić information content (AvgIpc) is 1.97. The van der Waals surface area contributed by atoms with E-state index >= 15 is 0 Å². The smallest absolute Gasteiger partial charge is 0.248 e.